The van der Waals surface area contributed by atoms with Gasteiger partial charge in [0.25, 0.3) is 0 Å². The lowest BCUT2D eigenvalue weighted by atomic mass is 10.1. The maximum absolute atomic E-state index is 9.68. The van der Waals surface area contributed by atoms with Gasteiger partial charge in [-0.2, -0.15) is 0 Å². The summed E-state index contributed by atoms with van der Waals surface area (Å²) in [6.45, 7) is 0.638. The van der Waals surface area contributed by atoms with E-state index in [-0.39, 0.29) is 6.03 Å². The van der Waals surface area contributed by atoms with E-state index >= 15 is 0 Å². The molecule has 0 aromatic heterocycles. The molecule has 15 heavy (non-hydrogen) atoms. The van der Waals surface area contributed by atoms with E-state index in [9.17, 15) is 4.79 Å². The predicted octanol–water partition coefficient (Wildman–Crippen LogP) is 2.10. The maximum Gasteiger partial charge on any atom is 0.317 e. The number of nitrogens with one attached hydrogen (secondary N) is 2. The molecule has 1 aliphatic heterocycles. The summed E-state index contributed by atoms with van der Waals surface area (Å²) >= 11 is 0. The van der Waals surface area contributed by atoms with E-state index in [1.807, 2.05) is 0 Å². The Labute approximate surface area is 88.1 Å². The number of benzene rings is 2. The van der Waals surface area contributed by atoms with Crippen molar-refractivity contribution in [2.24, 2.45) is 0 Å². The molecule has 0 aliphatic carbocycles. The maximum atomic E-state index is 9.68. The van der Waals surface area contributed by atoms with E-state index in [4.69, 9.17) is 0 Å². The standard InChI is InChI=1S/C10H8.C2H4N2O/c1-2-6-10-8-4-3-7-9(10)5-1;5-2-3-1-4-2/h1-8H;1H2,(H2,3,4,5). The lowest BCUT2D eigenvalue weighted by Gasteiger charge is -2.13. The van der Waals surface area contributed by atoms with Crippen LogP contribution < -0.4 is 10.6 Å². The lowest BCUT2D eigenvalue weighted by Crippen LogP contribution is -2.53. The fourth-order valence-corrected chi connectivity index (χ4v) is 1.29. The van der Waals surface area contributed by atoms with Gasteiger partial charge in [0.1, 0.15) is 0 Å². The number of urea groups is 1. The fourth-order valence-electron chi connectivity index (χ4n) is 1.29. The summed E-state index contributed by atoms with van der Waals surface area (Å²) in [5, 5.41) is 7.54. The summed E-state index contributed by atoms with van der Waals surface area (Å²) < 4.78 is 0. The number of amides is 2. The van der Waals surface area contributed by atoms with Gasteiger partial charge in [0.15, 0.2) is 0 Å². The summed E-state index contributed by atoms with van der Waals surface area (Å²) in [6, 6.07) is 16.6. The minimum Gasteiger partial charge on any atom is -0.321 e. The lowest BCUT2D eigenvalue weighted by molar-refractivity contribution is 0.226. The van der Waals surface area contributed by atoms with Gasteiger partial charge in [-0.3, -0.25) is 0 Å². The molecular formula is C12H12N2O. The Morgan fingerprint density at radius 3 is 1.33 bits per heavy atom. The first-order valence-electron chi connectivity index (χ1n) is 4.82. The highest BCUT2D eigenvalue weighted by atomic mass is 16.2. The first-order valence-corrected chi connectivity index (χ1v) is 4.82. The summed E-state index contributed by atoms with van der Waals surface area (Å²) in [7, 11) is 0. The van der Waals surface area contributed by atoms with Crippen LogP contribution in [0.5, 0.6) is 0 Å². The van der Waals surface area contributed by atoms with E-state index < -0.39 is 0 Å². The van der Waals surface area contributed by atoms with Crippen LogP contribution in [0.4, 0.5) is 4.79 Å². The van der Waals surface area contributed by atoms with Crippen molar-refractivity contribution >= 4 is 16.8 Å². The number of hydrogen-bond donors (Lipinski definition) is 2. The molecule has 3 rings (SSSR count). The molecule has 1 saturated heterocycles. The average molecular weight is 200 g/mol. The quantitative estimate of drug-likeness (QED) is 0.671. The Kier molecular flexibility index (Phi) is 2.83. The van der Waals surface area contributed by atoms with Gasteiger partial charge >= 0.3 is 6.03 Å². The van der Waals surface area contributed by atoms with Crippen LogP contribution in [0.2, 0.25) is 0 Å². The summed E-state index contributed by atoms with van der Waals surface area (Å²) in [5.41, 5.74) is 0. The molecule has 1 aliphatic rings. The highest BCUT2D eigenvalue weighted by Gasteiger charge is 2.04. The molecule has 3 nitrogen and oxygen atoms in total. The second-order valence-electron chi connectivity index (χ2n) is 3.21. The summed E-state index contributed by atoms with van der Waals surface area (Å²) in [6.07, 6.45) is 0. The molecule has 0 spiro atoms. The molecule has 2 N–H and O–H groups in total. The smallest absolute Gasteiger partial charge is 0.317 e. The van der Waals surface area contributed by atoms with Gasteiger partial charge in [-0.15, -0.1) is 0 Å². The van der Waals surface area contributed by atoms with Crippen molar-refractivity contribution in [2.45, 2.75) is 0 Å². The molecule has 0 saturated carbocycles. The zero-order chi connectivity index (χ0) is 10.5. The highest BCUT2D eigenvalue weighted by molar-refractivity contribution is 5.82. The van der Waals surface area contributed by atoms with Gasteiger partial charge in [-0.25, -0.2) is 4.79 Å². The van der Waals surface area contributed by atoms with Crippen LogP contribution in [0, 0.1) is 0 Å². The molecule has 2 amide bonds. The first kappa shape index (κ1) is 9.52. The molecule has 1 heterocycles. The minimum absolute atomic E-state index is 0.0648. The van der Waals surface area contributed by atoms with Crippen molar-refractivity contribution in [2.75, 3.05) is 6.67 Å². The van der Waals surface area contributed by atoms with Gasteiger partial charge < -0.3 is 10.6 Å². The van der Waals surface area contributed by atoms with Crippen molar-refractivity contribution < 1.29 is 4.79 Å². The first-order chi connectivity index (χ1) is 7.36. The molecule has 0 radical (unpaired) electrons. The Morgan fingerprint density at radius 2 is 1.13 bits per heavy atom. The van der Waals surface area contributed by atoms with Crippen molar-refractivity contribution in [1.82, 2.24) is 10.6 Å². The Bertz CT molecular complexity index is 396. The van der Waals surface area contributed by atoms with Crippen molar-refractivity contribution in [3.63, 3.8) is 0 Å². The summed E-state index contributed by atoms with van der Waals surface area (Å²) in [4.78, 5) is 9.68. The molecule has 3 heteroatoms. The van der Waals surface area contributed by atoms with Crippen molar-refractivity contribution in [3.05, 3.63) is 48.5 Å². The molecular weight excluding hydrogens is 188 g/mol. The topological polar surface area (TPSA) is 41.1 Å². The predicted molar refractivity (Wildman–Crippen MR) is 60.5 cm³/mol. The van der Waals surface area contributed by atoms with E-state index in [1.165, 1.54) is 10.8 Å². The van der Waals surface area contributed by atoms with Crippen molar-refractivity contribution in [1.29, 1.82) is 0 Å². The third-order valence-corrected chi connectivity index (χ3v) is 2.16. The molecule has 0 atom stereocenters. The van der Waals surface area contributed by atoms with Gasteiger partial charge in [-0.1, -0.05) is 48.5 Å². The van der Waals surface area contributed by atoms with Crippen LogP contribution in [0.3, 0.4) is 0 Å². The van der Waals surface area contributed by atoms with Gasteiger partial charge in [0.05, 0.1) is 6.67 Å². The van der Waals surface area contributed by atoms with E-state index in [0.29, 0.717) is 6.67 Å². The van der Waals surface area contributed by atoms with Crippen LogP contribution in [0.25, 0.3) is 10.8 Å². The number of hydrogen-bond acceptors (Lipinski definition) is 1. The average Bonchev–Trinajstić information content (AvgIpc) is 2.27. The SMILES string of the molecule is O=C1NCN1.c1ccc2ccccc2c1. The largest absolute Gasteiger partial charge is 0.321 e. The Hall–Kier alpha value is -2.03. The molecule has 1 fully saturated rings. The number of carbonyl (C=O) groups excluding carboxylic acids is 1. The molecule has 76 valence electrons. The number of fused-ring (bicyclic) bond motifs is 1. The minimum atomic E-state index is -0.0648. The van der Waals surface area contributed by atoms with E-state index in [1.54, 1.807) is 0 Å². The van der Waals surface area contributed by atoms with Gasteiger partial charge in [0, 0.05) is 0 Å². The highest BCUT2D eigenvalue weighted by Crippen LogP contribution is 2.11. The van der Waals surface area contributed by atoms with Crippen LogP contribution in [0.15, 0.2) is 48.5 Å². The number of rotatable bonds is 0. The fraction of sp³-hybridized carbons (Fsp3) is 0.0833. The molecule has 2 aromatic carbocycles. The second-order valence-corrected chi connectivity index (χ2v) is 3.21. The van der Waals surface area contributed by atoms with E-state index in [2.05, 4.69) is 59.2 Å². The van der Waals surface area contributed by atoms with Crippen LogP contribution in [0.1, 0.15) is 0 Å². The van der Waals surface area contributed by atoms with Crippen molar-refractivity contribution in [3.8, 4) is 0 Å². The normalized spacial score (nSPS) is 12.9. The van der Waals surface area contributed by atoms with Gasteiger partial charge in [0.2, 0.25) is 0 Å². The number of carbonyl (C=O) groups is 1. The van der Waals surface area contributed by atoms with Gasteiger partial charge in [-0.05, 0) is 10.8 Å². The zero-order valence-electron chi connectivity index (χ0n) is 8.23. The van der Waals surface area contributed by atoms with E-state index in [0.717, 1.165) is 0 Å². The van der Waals surface area contributed by atoms with Crippen LogP contribution in [-0.4, -0.2) is 12.7 Å². The van der Waals surface area contributed by atoms with Crippen LogP contribution >= 0.6 is 0 Å². The third kappa shape index (κ3) is 2.47. The Morgan fingerprint density at radius 1 is 0.800 bits per heavy atom. The monoisotopic (exact) mass is 200 g/mol. The summed E-state index contributed by atoms with van der Waals surface area (Å²) in [5.74, 6) is 0. The third-order valence-electron chi connectivity index (χ3n) is 2.16. The molecule has 2 aromatic rings. The molecule has 0 unspecified atom stereocenters. The zero-order valence-corrected chi connectivity index (χ0v) is 8.23. The second kappa shape index (κ2) is 4.46. The molecule has 0 bridgehead atoms. The Balaban J connectivity index is 0.000000144. The van der Waals surface area contributed by atoms with Crippen LogP contribution in [-0.2, 0) is 0 Å².